The highest BCUT2D eigenvalue weighted by Gasteiger charge is 2.06. The fourth-order valence-corrected chi connectivity index (χ4v) is 2.09. The van der Waals surface area contributed by atoms with Gasteiger partial charge in [0.1, 0.15) is 0 Å². The van der Waals surface area contributed by atoms with Gasteiger partial charge in [-0.1, -0.05) is 38.5 Å². The van der Waals surface area contributed by atoms with Gasteiger partial charge in [0.2, 0.25) is 5.91 Å². The number of hydrogen-bond acceptors (Lipinski definition) is 2. The predicted octanol–water partition coefficient (Wildman–Crippen LogP) is 4.00. The molecule has 100 valence electrons. The summed E-state index contributed by atoms with van der Waals surface area (Å²) in [5, 5.41) is 4.00. The van der Waals surface area contributed by atoms with Crippen molar-refractivity contribution in [1.82, 2.24) is 4.98 Å². The molecule has 0 aliphatic carbocycles. The summed E-state index contributed by atoms with van der Waals surface area (Å²) in [4.78, 5) is 16.2. The number of carbonyl (C=O) groups excluding carboxylic acids is 1. The summed E-state index contributed by atoms with van der Waals surface area (Å²) in [6, 6.07) is 9.73. The molecule has 0 radical (unpaired) electrons. The Bertz CT molecular complexity index is 558. The second-order valence-electron chi connectivity index (χ2n) is 5.21. The van der Waals surface area contributed by atoms with E-state index in [1.807, 2.05) is 30.3 Å². The lowest BCUT2D eigenvalue weighted by Gasteiger charge is -2.08. The van der Waals surface area contributed by atoms with E-state index in [1.54, 1.807) is 6.20 Å². The van der Waals surface area contributed by atoms with Crippen LogP contribution in [-0.4, -0.2) is 10.9 Å². The van der Waals surface area contributed by atoms with Gasteiger partial charge in [-0.15, -0.1) is 0 Å². The SMILES string of the molecule is CC(C)CCCC(=O)Nc1cccc2cccnc12. The first-order chi connectivity index (χ1) is 9.16. The summed E-state index contributed by atoms with van der Waals surface area (Å²) in [7, 11) is 0. The van der Waals surface area contributed by atoms with Crippen LogP contribution in [0.5, 0.6) is 0 Å². The average Bonchev–Trinajstić information content (AvgIpc) is 2.39. The topological polar surface area (TPSA) is 42.0 Å². The standard InChI is InChI=1S/C16H20N2O/c1-12(2)6-3-10-15(19)18-14-9-4-7-13-8-5-11-17-16(13)14/h4-5,7-9,11-12H,3,6,10H2,1-2H3,(H,18,19). The van der Waals surface area contributed by atoms with Gasteiger partial charge in [-0.25, -0.2) is 0 Å². The molecule has 0 aliphatic rings. The number of pyridine rings is 1. The number of aromatic nitrogens is 1. The van der Waals surface area contributed by atoms with Crippen LogP contribution in [0.25, 0.3) is 10.9 Å². The van der Waals surface area contributed by atoms with Crippen LogP contribution in [0.2, 0.25) is 0 Å². The van der Waals surface area contributed by atoms with Crippen molar-refractivity contribution in [2.24, 2.45) is 5.92 Å². The molecule has 1 amide bonds. The highest BCUT2D eigenvalue weighted by molar-refractivity contribution is 6.00. The second-order valence-corrected chi connectivity index (χ2v) is 5.21. The second kappa shape index (κ2) is 6.32. The number of fused-ring (bicyclic) bond motifs is 1. The molecule has 0 bridgehead atoms. The molecular formula is C16H20N2O. The van der Waals surface area contributed by atoms with E-state index in [1.165, 1.54) is 0 Å². The van der Waals surface area contributed by atoms with Gasteiger partial charge in [-0.3, -0.25) is 9.78 Å². The predicted molar refractivity (Wildman–Crippen MR) is 79.1 cm³/mol. The largest absolute Gasteiger partial charge is 0.324 e. The summed E-state index contributed by atoms with van der Waals surface area (Å²) < 4.78 is 0. The van der Waals surface area contributed by atoms with Gasteiger partial charge in [0.25, 0.3) is 0 Å². The third-order valence-corrected chi connectivity index (χ3v) is 3.09. The van der Waals surface area contributed by atoms with E-state index in [0.717, 1.165) is 29.4 Å². The van der Waals surface area contributed by atoms with E-state index in [2.05, 4.69) is 24.1 Å². The molecule has 3 nitrogen and oxygen atoms in total. The van der Waals surface area contributed by atoms with Crippen molar-refractivity contribution in [1.29, 1.82) is 0 Å². The van der Waals surface area contributed by atoms with Gasteiger partial charge < -0.3 is 5.32 Å². The van der Waals surface area contributed by atoms with Gasteiger partial charge in [0, 0.05) is 18.0 Å². The number of benzene rings is 1. The molecule has 0 aliphatic heterocycles. The number of nitrogens with one attached hydrogen (secondary N) is 1. The molecule has 2 aromatic rings. The molecule has 0 fully saturated rings. The van der Waals surface area contributed by atoms with Gasteiger partial charge in [-0.2, -0.15) is 0 Å². The zero-order valence-corrected chi connectivity index (χ0v) is 11.5. The summed E-state index contributed by atoms with van der Waals surface area (Å²) in [5.74, 6) is 0.714. The lowest BCUT2D eigenvalue weighted by atomic mass is 10.1. The van der Waals surface area contributed by atoms with Crippen LogP contribution in [0.3, 0.4) is 0 Å². The smallest absolute Gasteiger partial charge is 0.224 e. The molecule has 3 heteroatoms. The molecule has 0 atom stereocenters. The Balaban J connectivity index is 2.03. The number of rotatable bonds is 5. The first kappa shape index (κ1) is 13.5. The summed E-state index contributed by atoms with van der Waals surface area (Å²) in [6.45, 7) is 4.35. The van der Waals surface area contributed by atoms with Crippen LogP contribution in [0.4, 0.5) is 5.69 Å². The van der Waals surface area contributed by atoms with Crippen molar-refractivity contribution in [3.8, 4) is 0 Å². The van der Waals surface area contributed by atoms with Crippen molar-refractivity contribution >= 4 is 22.5 Å². The third kappa shape index (κ3) is 3.78. The summed E-state index contributed by atoms with van der Waals surface area (Å²) in [5.41, 5.74) is 1.65. The summed E-state index contributed by atoms with van der Waals surface area (Å²) in [6.07, 6.45) is 4.33. The Hall–Kier alpha value is -1.90. The number of nitrogens with zero attached hydrogens (tertiary/aromatic N) is 1. The molecule has 0 unspecified atom stereocenters. The molecule has 0 saturated heterocycles. The Morgan fingerprint density at radius 1 is 1.26 bits per heavy atom. The van der Waals surface area contributed by atoms with Crippen molar-refractivity contribution in [2.75, 3.05) is 5.32 Å². The Morgan fingerprint density at radius 2 is 2.05 bits per heavy atom. The normalized spacial score (nSPS) is 10.9. The van der Waals surface area contributed by atoms with Crippen LogP contribution in [0, 0.1) is 5.92 Å². The molecule has 0 spiro atoms. The minimum absolute atomic E-state index is 0.0683. The number of amides is 1. The zero-order valence-electron chi connectivity index (χ0n) is 11.5. The fourth-order valence-electron chi connectivity index (χ4n) is 2.09. The van der Waals surface area contributed by atoms with Gasteiger partial charge in [-0.05, 0) is 24.5 Å². The highest BCUT2D eigenvalue weighted by atomic mass is 16.1. The first-order valence-corrected chi connectivity index (χ1v) is 6.80. The quantitative estimate of drug-likeness (QED) is 0.878. The average molecular weight is 256 g/mol. The number of carbonyl (C=O) groups is 1. The van der Waals surface area contributed by atoms with Crippen LogP contribution in [0.1, 0.15) is 33.1 Å². The Morgan fingerprint density at radius 3 is 2.84 bits per heavy atom. The molecule has 1 aromatic heterocycles. The van der Waals surface area contributed by atoms with Crippen molar-refractivity contribution in [2.45, 2.75) is 33.1 Å². The minimum atomic E-state index is 0.0683. The van der Waals surface area contributed by atoms with E-state index in [0.29, 0.717) is 12.3 Å². The highest BCUT2D eigenvalue weighted by Crippen LogP contribution is 2.21. The number of para-hydroxylation sites is 1. The van der Waals surface area contributed by atoms with Crippen LogP contribution >= 0.6 is 0 Å². The van der Waals surface area contributed by atoms with Crippen LogP contribution < -0.4 is 5.32 Å². The van der Waals surface area contributed by atoms with Crippen LogP contribution in [-0.2, 0) is 4.79 Å². The maximum atomic E-state index is 11.9. The lowest BCUT2D eigenvalue weighted by Crippen LogP contribution is -2.12. The molecular weight excluding hydrogens is 236 g/mol. The molecule has 1 N–H and O–H groups in total. The monoisotopic (exact) mass is 256 g/mol. The molecule has 2 rings (SSSR count). The Labute approximate surface area is 114 Å². The first-order valence-electron chi connectivity index (χ1n) is 6.80. The Kier molecular flexibility index (Phi) is 4.50. The molecule has 19 heavy (non-hydrogen) atoms. The third-order valence-electron chi connectivity index (χ3n) is 3.09. The lowest BCUT2D eigenvalue weighted by molar-refractivity contribution is -0.116. The van der Waals surface area contributed by atoms with Gasteiger partial charge in [0.05, 0.1) is 11.2 Å². The van der Waals surface area contributed by atoms with E-state index >= 15 is 0 Å². The van der Waals surface area contributed by atoms with Crippen molar-refractivity contribution in [3.63, 3.8) is 0 Å². The van der Waals surface area contributed by atoms with E-state index in [-0.39, 0.29) is 5.91 Å². The number of hydrogen-bond donors (Lipinski definition) is 1. The van der Waals surface area contributed by atoms with Crippen LogP contribution in [0.15, 0.2) is 36.5 Å². The maximum absolute atomic E-state index is 11.9. The van der Waals surface area contributed by atoms with Gasteiger partial charge in [0.15, 0.2) is 0 Å². The minimum Gasteiger partial charge on any atom is -0.324 e. The fraction of sp³-hybridized carbons (Fsp3) is 0.375. The number of anilines is 1. The van der Waals surface area contributed by atoms with Gasteiger partial charge >= 0.3 is 0 Å². The maximum Gasteiger partial charge on any atom is 0.224 e. The molecule has 0 saturated carbocycles. The van der Waals surface area contributed by atoms with Crippen molar-refractivity contribution < 1.29 is 4.79 Å². The zero-order chi connectivity index (χ0) is 13.7. The molecule has 1 heterocycles. The van der Waals surface area contributed by atoms with E-state index in [9.17, 15) is 4.79 Å². The van der Waals surface area contributed by atoms with E-state index in [4.69, 9.17) is 0 Å². The molecule has 1 aromatic carbocycles. The van der Waals surface area contributed by atoms with Crippen molar-refractivity contribution in [3.05, 3.63) is 36.5 Å². The van der Waals surface area contributed by atoms with E-state index < -0.39 is 0 Å². The summed E-state index contributed by atoms with van der Waals surface area (Å²) >= 11 is 0.